The van der Waals surface area contributed by atoms with Gasteiger partial charge in [-0.15, -0.1) is 0 Å². The van der Waals surface area contributed by atoms with Gasteiger partial charge in [0.05, 0.1) is 15.5 Å². The van der Waals surface area contributed by atoms with Crippen molar-refractivity contribution in [3.63, 3.8) is 0 Å². The number of hydrogen-bond donors (Lipinski definition) is 1. The van der Waals surface area contributed by atoms with E-state index in [2.05, 4.69) is 19.2 Å². The van der Waals surface area contributed by atoms with Gasteiger partial charge < -0.3 is 5.32 Å². The largest absolute Gasteiger partial charge is 0.348 e. The van der Waals surface area contributed by atoms with Crippen LogP contribution >= 0.6 is 11.6 Å². The van der Waals surface area contributed by atoms with Crippen LogP contribution in [0.15, 0.2) is 53.4 Å². The number of piperidine rings is 1. The van der Waals surface area contributed by atoms with Crippen LogP contribution in [-0.4, -0.2) is 31.7 Å². The van der Waals surface area contributed by atoms with E-state index in [9.17, 15) is 13.2 Å². The fourth-order valence-electron chi connectivity index (χ4n) is 3.66. The van der Waals surface area contributed by atoms with Gasteiger partial charge >= 0.3 is 0 Å². The minimum Gasteiger partial charge on any atom is -0.348 e. The van der Waals surface area contributed by atoms with E-state index in [0.717, 1.165) is 12.0 Å². The van der Waals surface area contributed by atoms with Crippen molar-refractivity contribution in [3.05, 3.63) is 64.7 Å². The lowest BCUT2D eigenvalue weighted by molar-refractivity contribution is 0.0951. The lowest BCUT2D eigenvalue weighted by atomic mass is 9.94. The highest BCUT2D eigenvalue weighted by molar-refractivity contribution is 7.89. The Hall–Kier alpha value is -1.89. The highest BCUT2D eigenvalue weighted by atomic mass is 35.5. The first-order chi connectivity index (χ1) is 13.3. The second kappa shape index (κ2) is 8.64. The molecule has 1 aliphatic rings. The van der Waals surface area contributed by atoms with E-state index in [1.807, 2.05) is 30.3 Å². The molecule has 0 aromatic heterocycles. The van der Waals surface area contributed by atoms with Gasteiger partial charge in [0.15, 0.2) is 0 Å². The first-order valence-corrected chi connectivity index (χ1v) is 11.2. The molecule has 2 aromatic carbocycles. The number of sulfonamides is 1. The molecule has 2 aromatic rings. The van der Waals surface area contributed by atoms with Crippen molar-refractivity contribution in [2.75, 3.05) is 13.1 Å². The lowest BCUT2D eigenvalue weighted by Crippen LogP contribution is -2.42. The highest BCUT2D eigenvalue weighted by Crippen LogP contribution is 2.28. The standard InChI is InChI=1S/C21H25ClN2O3S/c1-15-10-16(2)14-24(13-15)28(26,27)18-8-9-20(22)19(11-18)21(25)23-12-17-6-4-3-5-7-17/h3-9,11,15-16H,10,12-14H2,1-2H3,(H,23,25)/t15-,16-/m1/s1. The fourth-order valence-corrected chi connectivity index (χ4v) is 5.57. The van der Waals surface area contributed by atoms with Gasteiger partial charge in [0.2, 0.25) is 10.0 Å². The van der Waals surface area contributed by atoms with Crippen molar-refractivity contribution in [2.45, 2.75) is 31.7 Å². The summed E-state index contributed by atoms with van der Waals surface area (Å²) >= 11 is 6.19. The third-order valence-corrected chi connectivity index (χ3v) is 7.11. The zero-order chi connectivity index (χ0) is 20.3. The zero-order valence-corrected chi connectivity index (χ0v) is 17.6. The molecule has 1 saturated heterocycles. The molecule has 1 fully saturated rings. The molecular weight excluding hydrogens is 396 g/mol. The lowest BCUT2D eigenvalue weighted by Gasteiger charge is -2.34. The molecule has 7 heteroatoms. The number of benzene rings is 2. The van der Waals surface area contributed by atoms with Gasteiger partial charge in [0.1, 0.15) is 0 Å². The number of halogens is 1. The molecule has 0 unspecified atom stereocenters. The van der Waals surface area contributed by atoms with Gasteiger partial charge in [-0.1, -0.05) is 55.8 Å². The van der Waals surface area contributed by atoms with E-state index in [0.29, 0.717) is 31.5 Å². The van der Waals surface area contributed by atoms with E-state index in [1.54, 1.807) is 0 Å². The Balaban J connectivity index is 1.81. The van der Waals surface area contributed by atoms with Crippen molar-refractivity contribution in [1.82, 2.24) is 9.62 Å². The normalized spacial score (nSPS) is 20.7. The summed E-state index contributed by atoms with van der Waals surface area (Å²) in [5, 5.41) is 3.02. The maximum atomic E-state index is 13.1. The first kappa shape index (κ1) is 20.8. The summed E-state index contributed by atoms with van der Waals surface area (Å²) in [7, 11) is -3.67. The Labute approximate surface area is 171 Å². The van der Waals surface area contributed by atoms with Crippen LogP contribution in [0.4, 0.5) is 0 Å². The van der Waals surface area contributed by atoms with E-state index in [1.165, 1.54) is 22.5 Å². The summed E-state index contributed by atoms with van der Waals surface area (Å²) in [6.07, 6.45) is 1.01. The molecule has 5 nitrogen and oxygen atoms in total. The van der Waals surface area contributed by atoms with Crippen LogP contribution in [0.25, 0.3) is 0 Å². The van der Waals surface area contributed by atoms with Crippen molar-refractivity contribution >= 4 is 27.5 Å². The molecule has 0 bridgehead atoms. The summed E-state index contributed by atoms with van der Waals surface area (Å²) in [5.41, 5.74) is 1.11. The maximum absolute atomic E-state index is 13.1. The van der Waals surface area contributed by atoms with Gasteiger partial charge in [-0.05, 0) is 42.0 Å². The third kappa shape index (κ3) is 4.74. The van der Waals surface area contributed by atoms with E-state index in [4.69, 9.17) is 11.6 Å². The summed E-state index contributed by atoms with van der Waals surface area (Å²) in [5.74, 6) is 0.213. The number of nitrogens with one attached hydrogen (secondary N) is 1. The summed E-state index contributed by atoms with van der Waals surface area (Å²) in [6, 6.07) is 13.8. The van der Waals surface area contributed by atoms with Crippen molar-refractivity contribution in [1.29, 1.82) is 0 Å². The molecule has 3 rings (SSSR count). The molecule has 0 radical (unpaired) electrons. The Morgan fingerprint density at radius 3 is 2.39 bits per heavy atom. The third-order valence-electron chi connectivity index (χ3n) is 4.95. The van der Waals surface area contributed by atoms with Crippen molar-refractivity contribution in [2.24, 2.45) is 11.8 Å². The number of carbonyl (C=O) groups is 1. The molecule has 150 valence electrons. The Bertz CT molecular complexity index is 937. The Morgan fingerprint density at radius 2 is 1.75 bits per heavy atom. The number of carbonyl (C=O) groups excluding carboxylic acids is 1. The molecule has 1 heterocycles. The second-order valence-corrected chi connectivity index (χ2v) is 9.92. The quantitative estimate of drug-likeness (QED) is 0.796. The van der Waals surface area contributed by atoms with Crippen LogP contribution in [0.5, 0.6) is 0 Å². The van der Waals surface area contributed by atoms with Gasteiger partial charge in [-0.3, -0.25) is 4.79 Å². The molecule has 1 aliphatic heterocycles. The number of nitrogens with zero attached hydrogens (tertiary/aromatic N) is 1. The molecule has 0 saturated carbocycles. The fraction of sp³-hybridized carbons (Fsp3) is 0.381. The number of amides is 1. The van der Waals surface area contributed by atoms with Crippen LogP contribution in [0.3, 0.4) is 0 Å². The van der Waals surface area contributed by atoms with Crippen molar-refractivity contribution < 1.29 is 13.2 Å². The minimum atomic E-state index is -3.67. The topological polar surface area (TPSA) is 66.5 Å². The zero-order valence-electron chi connectivity index (χ0n) is 16.1. The van der Waals surface area contributed by atoms with E-state index < -0.39 is 15.9 Å². The van der Waals surface area contributed by atoms with E-state index >= 15 is 0 Å². The smallest absolute Gasteiger partial charge is 0.253 e. The average molecular weight is 421 g/mol. The Morgan fingerprint density at radius 1 is 1.11 bits per heavy atom. The predicted molar refractivity (Wildman–Crippen MR) is 111 cm³/mol. The second-order valence-electron chi connectivity index (χ2n) is 7.58. The summed E-state index contributed by atoms with van der Waals surface area (Å²) in [6.45, 7) is 5.44. The van der Waals surface area contributed by atoms with Crippen molar-refractivity contribution in [3.8, 4) is 0 Å². The number of rotatable bonds is 5. The molecule has 1 amide bonds. The van der Waals surface area contributed by atoms with Crippen LogP contribution in [0, 0.1) is 11.8 Å². The van der Waals surface area contributed by atoms with Crippen LogP contribution < -0.4 is 5.32 Å². The Kier molecular flexibility index (Phi) is 6.43. The van der Waals surface area contributed by atoms with E-state index in [-0.39, 0.29) is 15.5 Å². The summed E-state index contributed by atoms with van der Waals surface area (Å²) in [4.78, 5) is 12.7. The first-order valence-electron chi connectivity index (χ1n) is 9.39. The maximum Gasteiger partial charge on any atom is 0.253 e. The predicted octanol–water partition coefficient (Wildman–Crippen LogP) is 3.94. The molecule has 2 atom stereocenters. The average Bonchev–Trinajstić information content (AvgIpc) is 2.66. The summed E-state index contributed by atoms with van der Waals surface area (Å²) < 4.78 is 27.7. The van der Waals surface area contributed by atoms with Gasteiger partial charge in [-0.2, -0.15) is 4.31 Å². The van der Waals surface area contributed by atoms with Crippen LogP contribution in [0.1, 0.15) is 36.2 Å². The van der Waals surface area contributed by atoms with Gasteiger partial charge in [0, 0.05) is 19.6 Å². The molecule has 28 heavy (non-hydrogen) atoms. The monoisotopic (exact) mass is 420 g/mol. The molecule has 1 N–H and O–H groups in total. The SMILES string of the molecule is C[C@@H]1C[C@@H](C)CN(S(=O)(=O)c2ccc(Cl)c(C(=O)NCc3ccccc3)c2)C1. The molecular formula is C21H25ClN2O3S. The van der Waals surface area contributed by atoms with Crippen LogP contribution in [-0.2, 0) is 16.6 Å². The molecule has 0 spiro atoms. The number of hydrogen-bond acceptors (Lipinski definition) is 3. The highest BCUT2D eigenvalue weighted by Gasteiger charge is 2.32. The minimum absolute atomic E-state index is 0.100. The van der Waals surface area contributed by atoms with Gasteiger partial charge in [-0.25, -0.2) is 8.42 Å². The van der Waals surface area contributed by atoms with Gasteiger partial charge in [0.25, 0.3) is 5.91 Å². The van der Waals surface area contributed by atoms with Crippen LogP contribution in [0.2, 0.25) is 5.02 Å². The molecule has 0 aliphatic carbocycles.